The molecule has 2 aromatic heterocycles. The van der Waals surface area contributed by atoms with E-state index in [2.05, 4.69) is 10.2 Å². The largest absolute Gasteiger partial charge is 0.438 e. The van der Waals surface area contributed by atoms with E-state index in [0.29, 0.717) is 28.3 Å². The van der Waals surface area contributed by atoms with Gasteiger partial charge in [-0.1, -0.05) is 18.2 Å². The Morgan fingerprint density at radius 2 is 1.76 bits per heavy atom. The summed E-state index contributed by atoms with van der Waals surface area (Å²) in [7, 11) is 1.60. The van der Waals surface area contributed by atoms with Gasteiger partial charge in [0, 0.05) is 24.2 Å². The summed E-state index contributed by atoms with van der Waals surface area (Å²) in [6, 6.07) is 19.0. The van der Waals surface area contributed by atoms with Crippen LogP contribution in [0.2, 0.25) is 0 Å². The normalized spacial score (nSPS) is 10.7. The molecule has 4 rings (SSSR count). The van der Waals surface area contributed by atoms with Crippen molar-refractivity contribution < 1.29 is 13.9 Å². The first-order chi connectivity index (χ1) is 14.0. The van der Waals surface area contributed by atoms with Gasteiger partial charge in [0.05, 0.1) is 5.69 Å². The molecule has 0 spiro atoms. The number of aromatic nitrogens is 2. The van der Waals surface area contributed by atoms with Gasteiger partial charge in [0.15, 0.2) is 0 Å². The van der Waals surface area contributed by atoms with Crippen LogP contribution >= 0.6 is 0 Å². The molecule has 0 radical (unpaired) electrons. The molecule has 1 amide bonds. The van der Waals surface area contributed by atoms with Gasteiger partial charge in [0.1, 0.15) is 16.9 Å². The van der Waals surface area contributed by atoms with Crippen molar-refractivity contribution in [1.29, 1.82) is 0 Å². The molecule has 0 fully saturated rings. The number of amides is 1. The van der Waals surface area contributed by atoms with Crippen molar-refractivity contribution in [2.24, 2.45) is 0 Å². The standard InChI is InChI=1S/C22H17N3O4/c1-14-7-12-20(24-23-14)28-17-10-8-16(9-11-17)25(2)21(26)18-13-15-5-3-4-6-19(15)29-22(18)27/h3-13H,1-2H3. The third-order valence-corrected chi connectivity index (χ3v) is 4.40. The number of ether oxygens (including phenoxy) is 1. The summed E-state index contributed by atoms with van der Waals surface area (Å²) in [6.07, 6.45) is 0. The number of hydrogen-bond acceptors (Lipinski definition) is 6. The predicted octanol–water partition coefficient (Wildman–Crippen LogP) is 3.96. The van der Waals surface area contributed by atoms with Crippen molar-refractivity contribution in [1.82, 2.24) is 10.2 Å². The average molecular weight is 387 g/mol. The lowest BCUT2D eigenvalue weighted by Crippen LogP contribution is -2.30. The van der Waals surface area contributed by atoms with E-state index < -0.39 is 11.5 Å². The molecule has 2 aromatic carbocycles. The monoisotopic (exact) mass is 387 g/mol. The summed E-state index contributed by atoms with van der Waals surface area (Å²) in [6.45, 7) is 1.84. The smallest absolute Gasteiger partial charge is 0.349 e. The van der Waals surface area contributed by atoms with Crippen LogP contribution in [-0.4, -0.2) is 23.2 Å². The van der Waals surface area contributed by atoms with E-state index in [-0.39, 0.29) is 5.56 Å². The maximum absolute atomic E-state index is 12.8. The van der Waals surface area contributed by atoms with Gasteiger partial charge in [-0.05, 0) is 49.4 Å². The van der Waals surface area contributed by atoms with Crippen LogP contribution in [0.3, 0.4) is 0 Å². The Bertz CT molecular complexity index is 1230. The van der Waals surface area contributed by atoms with Gasteiger partial charge in [-0.15, -0.1) is 5.10 Å². The van der Waals surface area contributed by atoms with Crippen LogP contribution < -0.4 is 15.3 Å². The molecule has 0 saturated heterocycles. The summed E-state index contributed by atoms with van der Waals surface area (Å²) in [5, 5.41) is 8.58. The van der Waals surface area contributed by atoms with E-state index in [4.69, 9.17) is 9.15 Å². The zero-order valence-corrected chi connectivity index (χ0v) is 15.8. The summed E-state index contributed by atoms with van der Waals surface area (Å²) in [4.78, 5) is 26.5. The van der Waals surface area contributed by atoms with Crippen LogP contribution in [0.15, 0.2) is 75.9 Å². The molecular weight excluding hydrogens is 370 g/mol. The van der Waals surface area contributed by atoms with Gasteiger partial charge in [0.2, 0.25) is 5.88 Å². The molecule has 0 atom stereocenters. The lowest BCUT2D eigenvalue weighted by Gasteiger charge is -2.17. The van der Waals surface area contributed by atoms with E-state index in [0.717, 1.165) is 5.69 Å². The highest BCUT2D eigenvalue weighted by molar-refractivity contribution is 6.06. The van der Waals surface area contributed by atoms with Crippen LogP contribution in [0.4, 0.5) is 5.69 Å². The van der Waals surface area contributed by atoms with Gasteiger partial charge in [-0.25, -0.2) is 4.79 Å². The number of benzene rings is 2. The molecule has 0 unspecified atom stereocenters. The van der Waals surface area contributed by atoms with Crippen LogP contribution in [-0.2, 0) is 0 Å². The molecule has 2 heterocycles. The van der Waals surface area contributed by atoms with Crippen LogP contribution in [0.25, 0.3) is 11.0 Å². The molecule has 0 N–H and O–H groups in total. The number of carbonyl (C=O) groups excluding carboxylic acids is 1. The summed E-state index contributed by atoms with van der Waals surface area (Å²) >= 11 is 0. The first-order valence-electron chi connectivity index (χ1n) is 8.90. The van der Waals surface area contributed by atoms with Gasteiger partial charge in [-0.2, -0.15) is 5.10 Å². The fraction of sp³-hybridized carbons (Fsp3) is 0.0909. The number of anilines is 1. The van der Waals surface area contributed by atoms with E-state index in [9.17, 15) is 9.59 Å². The minimum absolute atomic E-state index is 0.0264. The summed E-state index contributed by atoms with van der Waals surface area (Å²) in [5.74, 6) is 0.474. The van der Waals surface area contributed by atoms with Crippen molar-refractivity contribution in [3.8, 4) is 11.6 Å². The second kappa shape index (κ2) is 7.55. The van der Waals surface area contributed by atoms with Gasteiger partial charge >= 0.3 is 5.63 Å². The topological polar surface area (TPSA) is 85.5 Å². The molecule has 144 valence electrons. The summed E-state index contributed by atoms with van der Waals surface area (Å²) < 4.78 is 10.9. The third-order valence-electron chi connectivity index (χ3n) is 4.40. The Morgan fingerprint density at radius 1 is 1.00 bits per heavy atom. The zero-order chi connectivity index (χ0) is 20.4. The van der Waals surface area contributed by atoms with E-state index in [1.165, 1.54) is 4.90 Å². The molecule has 0 aliphatic heterocycles. The second-order valence-electron chi connectivity index (χ2n) is 6.46. The molecule has 0 aliphatic carbocycles. The third kappa shape index (κ3) is 3.84. The van der Waals surface area contributed by atoms with Crippen LogP contribution in [0.1, 0.15) is 16.1 Å². The Labute approximate surface area is 166 Å². The molecule has 4 aromatic rings. The maximum Gasteiger partial charge on any atom is 0.349 e. The lowest BCUT2D eigenvalue weighted by molar-refractivity contribution is 0.0989. The number of rotatable bonds is 4. The Morgan fingerprint density at radius 3 is 2.48 bits per heavy atom. The zero-order valence-electron chi connectivity index (χ0n) is 15.8. The number of hydrogen-bond donors (Lipinski definition) is 0. The van der Waals surface area contributed by atoms with Crippen LogP contribution in [0.5, 0.6) is 11.6 Å². The van der Waals surface area contributed by atoms with Gasteiger partial charge in [-0.3, -0.25) is 4.79 Å². The Balaban J connectivity index is 1.55. The predicted molar refractivity (Wildman–Crippen MR) is 109 cm³/mol. The first kappa shape index (κ1) is 18.4. The number of para-hydroxylation sites is 1. The Hall–Kier alpha value is -4.00. The molecule has 7 nitrogen and oxygen atoms in total. The number of nitrogens with zero attached hydrogens (tertiary/aromatic N) is 3. The molecule has 0 bridgehead atoms. The molecule has 29 heavy (non-hydrogen) atoms. The quantitative estimate of drug-likeness (QED) is 0.493. The van der Waals surface area contributed by atoms with Crippen molar-refractivity contribution in [2.75, 3.05) is 11.9 Å². The van der Waals surface area contributed by atoms with Gasteiger partial charge < -0.3 is 14.1 Å². The highest BCUT2D eigenvalue weighted by Crippen LogP contribution is 2.23. The first-order valence-corrected chi connectivity index (χ1v) is 8.90. The Kier molecular flexibility index (Phi) is 4.78. The van der Waals surface area contributed by atoms with Crippen LogP contribution in [0, 0.1) is 6.92 Å². The number of carbonyl (C=O) groups is 1. The number of aryl methyl sites for hydroxylation is 1. The number of fused-ring (bicyclic) bond motifs is 1. The fourth-order valence-electron chi connectivity index (χ4n) is 2.81. The SMILES string of the molecule is Cc1ccc(Oc2ccc(N(C)C(=O)c3cc4ccccc4oc3=O)cc2)nn1. The van der Waals surface area contributed by atoms with Crippen molar-refractivity contribution >= 4 is 22.6 Å². The molecule has 0 saturated carbocycles. The van der Waals surface area contributed by atoms with E-state index in [1.54, 1.807) is 67.7 Å². The molecule has 7 heteroatoms. The molecular formula is C22H17N3O4. The van der Waals surface area contributed by atoms with Gasteiger partial charge in [0.25, 0.3) is 5.91 Å². The van der Waals surface area contributed by atoms with Crippen molar-refractivity contribution in [3.05, 3.63) is 88.4 Å². The minimum atomic E-state index is -0.668. The lowest BCUT2D eigenvalue weighted by atomic mass is 10.1. The average Bonchev–Trinajstić information content (AvgIpc) is 2.74. The molecule has 0 aliphatic rings. The second-order valence-corrected chi connectivity index (χ2v) is 6.46. The van der Waals surface area contributed by atoms with E-state index >= 15 is 0 Å². The van der Waals surface area contributed by atoms with Crippen molar-refractivity contribution in [3.63, 3.8) is 0 Å². The minimum Gasteiger partial charge on any atom is -0.438 e. The summed E-state index contributed by atoms with van der Waals surface area (Å²) in [5.41, 5.74) is 1.15. The van der Waals surface area contributed by atoms with E-state index in [1.807, 2.05) is 13.0 Å². The van der Waals surface area contributed by atoms with Crippen molar-refractivity contribution in [2.45, 2.75) is 6.92 Å². The maximum atomic E-state index is 12.8. The fourth-order valence-corrected chi connectivity index (χ4v) is 2.81. The highest BCUT2D eigenvalue weighted by Gasteiger charge is 2.19. The highest BCUT2D eigenvalue weighted by atomic mass is 16.5.